The van der Waals surface area contributed by atoms with E-state index >= 15 is 0 Å². The average Bonchev–Trinajstić information content (AvgIpc) is 2.81. The first-order valence-corrected chi connectivity index (χ1v) is 11.6. The molecule has 1 aliphatic rings. The maximum atomic E-state index is 12.3. The molecule has 8 nitrogen and oxygen atoms in total. The molecule has 0 spiro atoms. The number of hydrogen-bond acceptors (Lipinski definition) is 8. The van der Waals surface area contributed by atoms with Crippen molar-refractivity contribution in [2.75, 3.05) is 0 Å². The van der Waals surface area contributed by atoms with Gasteiger partial charge in [-0.05, 0) is 89.1 Å². The standard InChI is InChI=1S/C26H32O8/c1-17(2)29-21-13-9-19(10-14-21)25(27)33-31-23-7-5-6-8-24(23)32-34-26(28)20-11-15-22(16-12-20)30-18(3)4/h9-18,23-24H,5-8H2,1-4H3. The summed E-state index contributed by atoms with van der Waals surface area (Å²) in [6.07, 6.45) is 1.97. The molecule has 1 aliphatic carbocycles. The Morgan fingerprint density at radius 1 is 0.647 bits per heavy atom. The van der Waals surface area contributed by atoms with E-state index in [1.54, 1.807) is 48.5 Å². The Balaban J connectivity index is 1.49. The van der Waals surface area contributed by atoms with E-state index in [-0.39, 0.29) is 12.2 Å². The largest absolute Gasteiger partial charge is 0.491 e. The Labute approximate surface area is 199 Å². The summed E-state index contributed by atoms with van der Waals surface area (Å²) in [5.74, 6) is 0.0801. The fourth-order valence-corrected chi connectivity index (χ4v) is 3.47. The number of benzene rings is 2. The van der Waals surface area contributed by atoms with Gasteiger partial charge in [-0.2, -0.15) is 9.78 Å². The van der Waals surface area contributed by atoms with Gasteiger partial charge in [0.25, 0.3) is 0 Å². The quantitative estimate of drug-likeness (QED) is 0.333. The summed E-state index contributed by atoms with van der Waals surface area (Å²) >= 11 is 0. The lowest BCUT2D eigenvalue weighted by atomic mass is 9.95. The molecule has 34 heavy (non-hydrogen) atoms. The minimum atomic E-state index is -0.624. The van der Waals surface area contributed by atoms with E-state index in [2.05, 4.69) is 0 Å². The Hall–Kier alpha value is -3.10. The van der Waals surface area contributed by atoms with Crippen LogP contribution >= 0.6 is 0 Å². The van der Waals surface area contributed by atoms with Gasteiger partial charge < -0.3 is 9.47 Å². The van der Waals surface area contributed by atoms with Gasteiger partial charge in [-0.15, -0.1) is 0 Å². The van der Waals surface area contributed by atoms with Crippen molar-refractivity contribution in [3.63, 3.8) is 0 Å². The zero-order valence-corrected chi connectivity index (χ0v) is 20.0. The molecule has 0 radical (unpaired) electrons. The molecule has 0 saturated heterocycles. The average molecular weight is 473 g/mol. The number of ether oxygens (including phenoxy) is 2. The molecular formula is C26H32O8. The highest BCUT2D eigenvalue weighted by atomic mass is 17.2. The summed E-state index contributed by atoms with van der Waals surface area (Å²) in [7, 11) is 0. The summed E-state index contributed by atoms with van der Waals surface area (Å²) in [6.45, 7) is 7.70. The SMILES string of the molecule is CC(C)Oc1ccc(C(=O)OOC2CCCCC2OOC(=O)c2ccc(OC(C)C)cc2)cc1. The first-order valence-electron chi connectivity index (χ1n) is 11.6. The molecule has 3 rings (SSSR count). The first-order chi connectivity index (χ1) is 16.3. The van der Waals surface area contributed by atoms with E-state index in [0.717, 1.165) is 12.8 Å². The topological polar surface area (TPSA) is 89.5 Å². The maximum Gasteiger partial charge on any atom is 0.373 e. The summed E-state index contributed by atoms with van der Waals surface area (Å²) < 4.78 is 11.1. The zero-order valence-electron chi connectivity index (χ0n) is 20.0. The molecule has 0 heterocycles. The minimum Gasteiger partial charge on any atom is -0.491 e. The van der Waals surface area contributed by atoms with Crippen LogP contribution < -0.4 is 9.47 Å². The van der Waals surface area contributed by atoms with E-state index in [0.29, 0.717) is 35.5 Å². The molecule has 184 valence electrons. The summed E-state index contributed by atoms with van der Waals surface area (Å²) in [5, 5.41) is 0. The van der Waals surface area contributed by atoms with E-state index in [1.807, 2.05) is 27.7 Å². The molecule has 2 atom stereocenters. The second kappa shape index (κ2) is 12.4. The number of carbonyl (C=O) groups is 2. The predicted octanol–water partition coefficient (Wildman–Crippen LogP) is 5.45. The lowest BCUT2D eigenvalue weighted by Gasteiger charge is -2.28. The van der Waals surface area contributed by atoms with Crippen LogP contribution in [0.5, 0.6) is 11.5 Å². The number of rotatable bonds is 10. The van der Waals surface area contributed by atoms with Crippen molar-refractivity contribution in [3.05, 3.63) is 59.7 Å². The molecule has 0 N–H and O–H groups in total. The van der Waals surface area contributed by atoms with Crippen molar-refractivity contribution in [1.29, 1.82) is 0 Å². The zero-order chi connectivity index (χ0) is 24.5. The van der Waals surface area contributed by atoms with Gasteiger partial charge in [0.1, 0.15) is 23.7 Å². The van der Waals surface area contributed by atoms with E-state index in [1.165, 1.54) is 0 Å². The highest BCUT2D eigenvalue weighted by Crippen LogP contribution is 2.25. The molecule has 0 aromatic heterocycles. The first kappa shape index (κ1) is 25.5. The Kier molecular flexibility index (Phi) is 9.30. The third-order valence-electron chi connectivity index (χ3n) is 5.06. The van der Waals surface area contributed by atoms with Crippen LogP contribution in [-0.4, -0.2) is 36.4 Å². The molecular weight excluding hydrogens is 440 g/mol. The molecule has 1 fully saturated rings. The van der Waals surface area contributed by atoms with Crippen LogP contribution in [0.15, 0.2) is 48.5 Å². The molecule has 2 aromatic rings. The Bertz CT molecular complexity index is 843. The van der Waals surface area contributed by atoms with E-state index in [4.69, 9.17) is 29.0 Å². The Morgan fingerprint density at radius 3 is 1.32 bits per heavy atom. The van der Waals surface area contributed by atoms with Gasteiger partial charge >= 0.3 is 11.9 Å². The van der Waals surface area contributed by atoms with Crippen molar-refractivity contribution in [1.82, 2.24) is 0 Å². The minimum absolute atomic E-state index is 0.0386. The van der Waals surface area contributed by atoms with Crippen molar-refractivity contribution in [3.8, 4) is 11.5 Å². The van der Waals surface area contributed by atoms with Crippen molar-refractivity contribution < 1.29 is 38.6 Å². The fourth-order valence-electron chi connectivity index (χ4n) is 3.47. The van der Waals surface area contributed by atoms with Crippen LogP contribution in [0.4, 0.5) is 0 Å². The van der Waals surface area contributed by atoms with Crippen molar-refractivity contribution >= 4 is 11.9 Å². The van der Waals surface area contributed by atoms with Crippen LogP contribution in [0.1, 0.15) is 74.1 Å². The monoisotopic (exact) mass is 472 g/mol. The molecule has 0 aliphatic heterocycles. The molecule has 8 heteroatoms. The second-order valence-corrected chi connectivity index (χ2v) is 8.68. The molecule has 2 aromatic carbocycles. The highest BCUT2D eigenvalue weighted by molar-refractivity contribution is 5.89. The van der Waals surface area contributed by atoms with Crippen LogP contribution in [0, 0.1) is 0 Å². The van der Waals surface area contributed by atoms with Crippen LogP contribution in [0.3, 0.4) is 0 Å². The summed E-state index contributed by atoms with van der Waals surface area (Å²) in [4.78, 5) is 45.5. The molecule has 1 saturated carbocycles. The maximum absolute atomic E-state index is 12.3. The van der Waals surface area contributed by atoms with Crippen molar-refractivity contribution in [2.45, 2.75) is 77.8 Å². The lowest BCUT2D eigenvalue weighted by molar-refractivity contribution is -0.352. The van der Waals surface area contributed by atoms with Gasteiger partial charge in [0.05, 0.1) is 23.3 Å². The van der Waals surface area contributed by atoms with Gasteiger partial charge in [-0.25, -0.2) is 9.59 Å². The van der Waals surface area contributed by atoms with E-state index < -0.39 is 24.1 Å². The molecule has 2 unspecified atom stereocenters. The smallest absolute Gasteiger partial charge is 0.373 e. The van der Waals surface area contributed by atoms with E-state index in [9.17, 15) is 9.59 Å². The fraction of sp³-hybridized carbons (Fsp3) is 0.462. The number of carbonyl (C=O) groups excluding carboxylic acids is 2. The third kappa shape index (κ3) is 7.74. The highest BCUT2D eigenvalue weighted by Gasteiger charge is 2.31. The molecule has 0 amide bonds. The van der Waals surface area contributed by atoms with Crippen LogP contribution in [0.2, 0.25) is 0 Å². The lowest BCUT2D eigenvalue weighted by Crippen LogP contribution is -2.36. The molecule has 0 bridgehead atoms. The van der Waals surface area contributed by atoms with Gasteiger partial charge in [0.2, 0.25) is 0 Å². The predicted molar refractivity (Wildman–Crippen MR) is 123 cm³/mol. The normalized spacial score (nSPS) is 17.9. The van der Waals surface area contributed by atoms with Gasteiger partial charge in [-0.1, -0.05) is 12.8 Å². The van der Waals surface area contributed by atoms with Gasteiger partial charge in [0, 0.05) is 0 Å². The van der Waals surface area contributed by atoms with Crippen LogP contribution in [0.25, 0.3) is 0 Å². The number of hydrogen-bond donors (Lipinski definition) is 0. The van der Waals surface area contributed by atoms with Crippen LogP contribution in [-0.2, 0) is 19.6 Å². The van der Waals surface area contributed by atoms with Gasteiger partial charge in [0.15, 0.2) is 0 Å². The summed E-state index contributed by atoms with van der Waals surface area (Å²) in [5.41, 5.74) is 0.668. The summed E-state index contributed by atoms with van der Waals surface area (Å²) in [6, 6.07) is 13.2. The second-order valence-electron chi connectivity index (χ2n) is 8.68. The third-order valence-corrected chi connectivity index (χ3v) is 5.06. The van der Waals surface area contributed by atoms with Gasteiger partial charge in [-0.3, -0.25) is 9.78 Å². The Morgan fingerprint density at radius 2 is 1.00 bits per heavy atom. The van der Waals surface area contributed by atoms with Crippen molar-refractivity contribution in [2.24, 2.45) is 0 Å².